The molecule has 0 spiro atoms. The number of nitrogens with zero attached hydrogens (tertiary/aromatic N) is 1. The van der Waals surface area contributed by atoms with E-state index in [1.54, 1.807) is 0 Å². The summed E-state index contributed by atoms with van der Waals surface area (Å²) in [5.41, 5.74) is 2.75. The first-order valence-corrected chi connectivity index (χ1v) is 7.66. The van der Waals surface area contributed by atoms with E-state index in [9.17, 15) is 5.11 Å². The average molecular weight is 343 g/mol. The fourth-order valence-corrected chi connectivity index (χ4v) is 4.22. The summed E-state index contributed by atoms with van der Waals surface area (Å²) in [5, 5.41) is 10.5. The van der Waals surface area contributed by atoms with Gasteiger partial charge in [0.15, 0.2) is 0 Å². The van der Waals surface area contributed by atoms with Gasteiger partial charge >= 0.3 is 0 Å². The molecule has 3 rings (SSSR count). The van der Waals surface area contributed by atoms with Gasteiger partial charge in [0, 0.05) is 6.04 Å². The number of hydrogen-bond acceptors (Lipinski definition) is 2. The number of alkyl halides is 1. The van der Waals surface area contributed by atoms with Crippen molar-refractivity contribution in [2.45, 2.75) is 35.3 Å². The number of halogens is 1. The summed E-state index contributed by atoms with van der Waals surface area (Å²) in [6.07, 6.45) is 3.37. The molecule has 1 aliphatic carbocycles. The maximum atomic E-state index is 10.5. The Morgan fingerprint density at radius 1 is 1.18 bits per heavy atom. The number of aliphatic hydroxyl groups excluding tert-OH is 1. The van der Waals surface area contributed by atoms with Crippen LogP contribution < -0.4 is 0 Å². The molecule has 1 aromatic rings. The summed E-state index contributed by atoms with van der Waals surface area (Å²) in [6, 6.07) is 8.90. The molecule has 92 valence electrons. The first-order chi connectivity index (χ1) is 8.27. The topological polar surface area (TPSA) is 23.5 Å². The van der Waals surface area contributed by atoms with Crippen LogP contribution in [0.4, 0.5) is 0 Å². The maximum Gasteiger partial charge on any atom is 0.0856 e. The van der Waals surface area contributed by atoms with Crippen molar-refractivity contribution in [1.82, 2.24) is 4.90 Å². The molecule has 2 aliphatic rings. The zero-order chi connectivity index (χ0) is 11.8. The molecule has 0 amide bonds. The second kappa shape index (κ2) is 4.86. The molecule has 17 heavy (non-hydrogen) atoms. The molecule has 1 aliphatic heterocycles. The van der Waals surface area contributed by atoms with Crippen molar-refractivity contribution in [3.05, 3.63) is 35.4 Å². The van der Waals surface area contributed by atoms with Gasteiger partial charge in [-0.3, -0.25) is 4.90 Å². The SMILES string of the molecule is OC1C(I)c2ccccc2CC1N1CCCC1. The van der Waals surface area contributed by atoms with Crippen LogP contribution in [0.2, 0.25) is 0 Å². The number of likely N-dealkylation sites (tertiary alicyclic amines) is 1. The monoisotopic (exact) mass is 343 g/mol. The Morgan fingerprint density at radius 2 is 1.88 bits per heavy atom. The molecule has 1 N–H and O–H groups in total. The van der Waals surface area contributed by atoms with Crippen molar-refractivity contribution in [2.24, 2.45) is 0 Å². The van der Waals surface area contributed by atoms with Crippen LogP contribution in [-0.4, -0.2) is 35.2 Å². The van der Waals surface area contributed by atoms with E-state index >= 15 is 0 Å². The molecular weight excluding hydrogens is 325 g/mol. The molecule has 0 saturated carbocycles. The lowest BCUT2D eigenvalue weighted by Crippen LogP contribution is -2.47. The fourth-order valence-electron chi connectivity index (χ4n) is 3.13. The Kier molecular flexibility index (Phi) is 3.41. The second-order valence-corrected chi connectivity index (χ2v) is 6.45. The number of rotatable bonds is 1. The lowest BCUT2D eigenvalue weighted by molar-refractivity contribution is 0.0565. The number of benzene rings is 1. The predicted octanol–water partition coefficient (Wildman–Crippen LogP) is 2.54. The highest BCUT2D eigenvalue weighted by atomic mass is 127. The van der Waals surface area contributed by atoms with Crippen LogP contribution >= 0.6 is 22.6 Å². The third-order valence-corrected chi connectivity index (χ3v) is 5.49. The van der Waals surface area contributed by atoms with Gasteiger partial charge in [0.2, 0.25) is 0 Å². The van der Waals surface area contributed by atoms with Crippen LogP contribution in [0, 0.1) is 0 Å². The first-order valence-electron chi connectivity index (χ1n) is 6.41. The van der Waals surface area contributed by atoms with E-state index in [0.29, 0.717) is 6.04 Å². The van der Waals surface area contributed by atoms with E-state index in [4.69, 9.17) is 0 Å². The lowest BCUT2D eigenvalue weighted by atomic mass is 9.85. The molecule has 3 unspecified atom stereocenters. The first kappa shape index (κ1) is 11.9. The maximum absolute atomic E-state index is 10.5. The van der Waals surface area contributed by atoms with Crippen LogP contribution in [0.5, 0.6) is 0 Å². The summed E-state index contributed by atoms with van der Waals surface area (Å²) >= 11 is 2.40. The molecule has 1 aromatic carbocycles. The van der Waals surface area contributed by atoms with E-state index in [2.05, 4.69) is 51.8 Å². The van der Waals surface area contributed by atoms with Crippen molar-refractivity contribution in [2.75, 3.05) is 13.1 Å². The lowest BCUT2D eigenvalue weighted by Gasteiger charge is -2.39. The summed E-state index contributed by atoms with van der Waals surface area (Å²) in [5.74, 6) is 0. The van der Waals surface area contributed by atoms with Crippen LogP contribution in [-0.2, 0) is 6.42 Å². The minimum atomic E-state index is -0.219. The highest BCUT2D eigenvalue weighted by molar-refractivity contribution is 14.1. The van der Waals surface area contributed by atoms with E-state index in [0.717, 1.165) is 19.5 Å². The second-order valence-electron chi connectivity index (χ2n) is 5.11. The van der Waals surface area contributed by atoms with Gasteiger partial charge in [-0.25, -0.2) is 0 Å². The molecule has 1 saturated heterocycles. The molecule has 3 heteroatoms. The van der Waals surface area contributed by atoms with Crippen LogP contribution in [0.1, 0.15) is 27.9 Å². The van der Waals surface area contributed by atoms with E-state index in [1.807, 2.05) is 0 Å². The average Bonchev–Trinajstić information content (AvgIpc) is 2.87. The number of hydrogen-bond donors (Lipinski definition) is 1. The van der Waals surface area contributed by atoms with E-state index < -0.39 is 0 Å². The van der Waals surface area contributed by atoms with Crippen molar-refractivity contribution >= 4 is 22.6 Å². The van der Waals surface area contributed by atoms with Gasteiger partial charge in [-0.2, -0.15) is 0 Å². The Bertz CT molecular complexity index is 403. The smallest absolute Gasteiger partial charge is 0.0856 e. The zero-order valence-corrected chi connectivity index (χ0v) is 12.0. The van der Waals surface area contributed by atoms with Gasteiger partial charge in [-0.05, 0) is 43.5 Å². The largest absolute Gasteiger partial charge is 0.390 e. The minimum absolute atomic E-state index is 0.219. The van der Waals surface area contributed by atoms with Crippen molar-refractivity contribution < 1.29 is 5.11 Å². The van der Waals surface area contributed by atoms with Crippen molar-refractivity contribution in [3.8, 4) is 0 Å². The van der Waals surface area contributed by atoms with Crippen LogP contribution in [0.15, 0.2) is 24.3 Å². The van der Waals surface area contributed by atoms with Crippen molar-refractivity contribution in [3.63, 3.8) is 0 Å². The van der Waals surface area contributed by atoms with Crippen LogP contribution in [0.3, 0.4) is 0 Å². The third-order valence-electron chi connectivity index (χ3n) is 4.08. The molecule has 0 radical (unpaired) electrons. The highest BCUT2D eigenvalue weighted by Gasteiger charge is 2.37. The summed E-state index contributed by atoms with van der Waals surface area (Å²) in [4.78, 5) is 2.48. The Balaban J connectivity index is 1.90. The molecule has 0 bridgehead atoms. The van der Waals surface area contributed by atoms with Gasteiger partial charge < -0.3 is 5.11 Å². The molecule has 1 heterocycles. The Labute approximate surface area is 116 Å². The van der Waals surface area contributed by atoms with Gasteiger partial charge in [0.25, 0.3) is 0 Å². The molecule has 2 nitrogen and oxygen atoms in total. The van der Waals surface area contributed by atoms with Gasteiger partial charge in [-0.15, -0.1) is 0 Å². The summed E-state index contributed by atoms with van der Waals surface area (Å²) in [7, 11) is 0. The molecular formula is C14H18INO. The van der Waals surface area contributed by atoms with Gasteiger partial charge in [0.1, 0.15) is 0 Å². The zero-order valence-electron chi connectivity index (χ0n) is 9.85. The van der Waals surface area contributed by atoms with E-state index in [-0.39, 0.29) is 10.0 Å². The predicted molar refractivity (Wildman–Crippen MR) is 77.5 cm³/mol. The fraction of sp³-hybridized carbons (Fsp3) is 0.571. The van der Waals surface area contributed by atoms with E-state index in [1.165, 1.54) is 24.0 Å². The minimum Gasteiger partial charge on any atom is -0.390 e. The standard InChI is InChI=1S/C14H18INO/c15-13-11-6-2-1-5-10(11)9-12(14(13)17)16-7-3-4-8-16/h1-2,5-6,12-14,17H,3-4,7-9H2. The molecule has 1 fully saturated rings. The Morgan fingerprint density at radius 3 is 2.65 bits per heavy atom. The highest BCUT2D eigenvalue weighted by Crippen LogP contribution is 2.39. The summed E-state index contributed by atoms with van der Waals surface area (Å²) in [6.45, 7) is 2.32. The summed E-state index contributed by atoms with van der Waals surface area (Å²) < 4.78 is 0.239. The van der Waals surface area contributed by atoms with Gasteiger partial charge in [0.05, 0.1) is 10.0 Å². The molecule has 3 atom stereocenters. The number of fused-ring (bicyclic) bond motifs is 1. The van der Waals surface area contributed by atoms with Crippen molar-refractivity contribution in [1.29, 1.82) is 0 Å². The normalized spacial score (nSPS) is 33.6. The quantitative estimate of drug-likeness (QED) is 0.626. The third kappa shape index (κ3) is 2.13. The Hall–Kier alpha value is -0.130. The van der Waals surface area contributed by atoms with Gasteiger partial charge in [-0.1, -0.05) is 46.9 Å². The van der Waals surface area contributed by atoms with Crippen LogP contribution in [0.25, 0.3) is 0 Å². The number of aliphatic hydroxyl groups is 1. The molecule has 0 aromatic heterocycles.